The van der Waals surface area contributed by atoms with Crippen molar-refractivity contribution >= 4 is 11.7 Å². The number of fused-ring (bicyclic) bond motifs is 1. The summed E-state index contributed by atoms with van der Waals surface area (Å²) in [7, 11) is 1.73. The minimum Gasteiger partial charge on any atom is -0.496 e. The van der Waals surface area contributed by atoms with Gasteiger partial charge in [0, 0.05) is 31.2 Å². The second-order valence-corrected chi connectivity index (χ2v) is 12.4. The van der Waals surface area contributed by atoms with Crippen LogP contribution in [0.2, 0.25) is 0 Å². The first-order chi connectivity index (χ1) is 18.5. The highest BCUT2D eigenvalue weighted by molar-refractivity contribution is 5.72. The Morgan fingerprint density at radius 3 is 2.64 bits per heavy atom. The van der Waals surface area contributed by atoms with E-state index in [1.807, 2.05) is 20.8 Å². The number of hydrogen-bond donors (Lipinski definition) is 1. The van der Waals surface area contributed by atoms with Gasteiger partial charge in [0.05, 0.1) is 7.11 Å². The molecule has 1 atom stereocenters. The molecule has 2 aromatic rings. The van der Waals surface area contributed by atoms with Gasteiger partial charge in [-0.1, -0.05) is 37.6 Å². The van der Waals surface area contributed by atoms with Crippen molar-refractivity contribution < 1.29 is 19.0 Å². The number of hydrogen-bond acceptors (Lipinski definition) is 5. The number of rotatable bonds is 9. The fourth-order valence-corrected chi connectivity index (χ4v) is 5.60. The Hall–Kier alpha value is -2.99. The summed E-state index contributed by atoms with van der Waals surface area (Å²) in [6, 6.07) is 13.1. The summed E-state index contributed by atoms with van der Waals surface area (Å²) in [5.41, 5.74) is 7.40. The lowest BCUT2D eigenvalue weighted by Crippen LogP contribution is -2.40. The van der Waals surface area contributed by atoms with Gasteiger partial charge < -0.3 is 19.5 Å². The standard InChI is InChI=1S/C33H46N2O4/c1-22(2)16-24-8-9-27(31(17-24)37-7)21-38-29-12-13-30-23(3)26(11-10-25(30)18-29)19-35-15-14-28(20-35)34-32(36)39-33(4,5)6/h8-9,12-13,17-18,22,28H,10-11,14-16,19-21H2,1-7H3,(H,34,36)/t28-/m1/s1. The monoisotopic (exact) mass is 534 g/mol. The summed E-state index contributed by atoms with van der Waals surface area (Å²) in [4.78, 5) is 14.6. The van der Waals surface area contributed by atoms with E-state index in [9.17, 15) is 4.79 Å². The van der Waals surface area contributed by atoms with Crippen LogP contribution in [0.3, 0.4) is 0 Å². The Bertz CT molecular complexity index is 1190. The van der Waals surface area contributed by atoms with Gasteiger partial charge in [0.2, 0.25) is 0 Å². The molecule has 4 rings (SSSR count). The molecule has 6 nitrogen and oxygen atoms in total. The third-order valence-corrected chi connectivity index (χ3v) is 7.50. The average molecular weight is 535 g/mol. The number of likely N-dealkylation sites (tertiary alicyclic amines) is 1. The maximum Gasteiger partial charge on any atom is 0.407 e. The first kappa shape index (κ1) is 29.0. The van der Waals surface area contributed by atoms with Crippen LogP contribution >= 0.6 is 0 Å². The van der Waals surface area contributed by atoms with E-state index in [1.165, 1.54) is 27.8 Å². The highest BCUT2D eigenvalue weighted by atomic mass is 16.6. The van der Waals surface area contributed by atoms with Crippen molar-refractivity contribution in [1.82, 2.24) is 10.2 Å². The number of methoxy groups -OCH3 is 1. The van der Waals surface area contributed by atoms with Gasteiger partial charge in [-0.25, -0.2) is 4.79 Å². The lowest BCUT2D eigenvalue weighted by atomic mass is 9.86. The van der Waals surface area contributed by atoms with Crippen LogP contribution in [0.1, 0.15) is 76.6 Å². The van der Waals surface area contributed by atoms with E-state index in [1.54, 1.807) is 7.11 Å². The van der Waals surface area contributed by atoms with Gasteiger partial charge in [0.15, 0.2) is 0 Å². The van der Waals surface area contributed by atoms with Crippen molar-refractivity contribution in [2.24, 2.45) is 5.92 Å². The van der Waals surface area contributed by atoms with Gasteiger partial charge >= 0.3 is 6.09 Å². The van der Waals surface area contributed by atoms with E-state index < -0.39 is 5.60 Å². The molecule has 39 heavy (non-hydrogen) atoms. The van der Waals surface area contributed by atoms with Crippen LogP contribution in [-0.4, -0.2) is 49.4 Å². The van der Waals surface area contributed by atoms with Gasteiger partial charge in [-0.3, -0.25) is 4.90 Å². The summed E-state index contributed by atoms with van der Waals surface area (Å²) in [6.45, 7) is 15.6. The largest absolute Gasteiger partial charge is 0.496 e. The third kappa shape index (κ3) is 8.01. The quantitative estimate of drug-likeness (QED) is 0.384. The van der Waals surface area contributed by atoms with Crippen LogP contribution in [0.25, 0.3) is 5.57 Å². The number of aryl methyl sites for hydroxylation is 1. The molecule has 1 saturated heterocycles. The van der Waals surface area contributed by atoms with Gasteiger partial charge in [-0.2, -0.15) is 0 Å². The first-order valence-electron chi connectivity index (χ1n) is 14.3. The van der Waals surface area contributed by atoms with Crippen LogP contribution in [-0.2, 0) is 24.2 Å². The predicted molar refractivity (Wildman–Crippen MR) is 157 cm³/mol. The molecule has 2 aliphatic rings. The Balaban J connectivity index is 1.34. The van der Waals surface area contributed by atoms with Crippen molar-refractivity contribution in [3.8, 4) is 11.5 Å². The van der Waals surface area contributed by atoms with Crippen LogP contribution in [0.15, 0.2) is 42.0 Å². The molecular formula is C33H46N2O4. The minimum atomic E-state index is -0.476. The molecule has 0 unspecified atom stereocenters. The molecule has 1 amide bonds. The fraction of sp³-hybridized carbons (Fsp3) is 0.545. The number of amides is 1. The number of benzene rings is 2. The second kappa shape index (κ2) is 12.5. The summed E-state index contributed by atoms with van der Waals surface area (Å²) < 4.78 is 17.3. The zero-order chi connectivity index (χ0) is 28.2. The highest BCUT2D eigenvalue weighted by Gasteiger charge is 2.27. The fourth-order valence-electron chi connectivity index (χ4n) is 5.60. The zero-order valence-corrected chi connectivity index (χ0v) is 24.9. The van der Waals surface area contributed by atoms with Gasteiger partial charge in [0.1, 0.15) is 23.7 Å². The smallest absolute Gasteiger partial charge is 0.407 e. The van der Waals surface area contributed by atoms with Crippen molar-refractivity contribution in [2.75, 3.05) is 26.7 Å². The Kier molecular flexibility index (Phi) is 9.27. The van der Waals surface area contributed by atoms with Gasteiger partial charge in [-0.15, -0.1) is 0 Å². The molecule has 0 spiro atoms. The zero-order valence-electron chi connectivity index (χ0n) is 24.9. The van der Waals surface area contributed by atoms with Crippen molar-refractivity contribution in [2.45, 2.75) is 85.5 Å². The third-order valence-electron chi connectivity index (χ3n) is 7.50. The van der Waals surface area contributed by atoms with Crippen LogP contribution in [0.4, 0.5) is 4.79 Å². The lowest BCUT2D eigenvalue weighted by molar-refractivity contribution is 0.0506. The molecule has 2 aromatic carbocycles. The molecule has 1 N–H and O–H groups in total. The molecule has 0 aromatic heterocycles. The van der Waals surface area contributed by atoms with Crippen LogP contribution in [0.5, 0.6) is 11.5 Å². The molecule has 6 heteroatoms. The first-order valence-corrected chi connectivity index (χ1v) is 14.3. The number of ether oxygens (including phenoxy) is 3. The summed E-state index contributed by atoms with van der Waals surface area (Å²) >= 11 is 0. The molecule has 212 valence electrons. The molecule has 0 bridgehead atoms. The van der Waals surface area contributed by atoms with Crippen molar-refractivity contribution in [3.05, 3.63) is 64.2 Å². The van der Waals surface area contributed by atoms with E-state index in [4.69, 9.17) is 14.2 Å². The molecule has 1 heterocycles. The summed E-state index contributed by atoms with van der Waals surface area (Å²) in [5, 5.41) is 3.04. The molecule has 1 fully saturated rings. The van der Waals surface area contributed by atoms with Crippen molar-refractivity contribution in [1.29, 1.82) is 0 Å². The van der Waals surface area contributed by atoms with Crippen LogP contribution < -0.4 is 14.8 Å². The van der Waals surface area contributed by atoms with E-state index in [-0.39, 0.29) is 12.1 Å². The topological polar surface area (TPSA) is 60.0 Å². The highest BCUT2D eigenvalue weighted by Crippen LogP contribution is 2.34. The second-order valence-electron chi connectivity index (χ2n) is 12.4. The summed E-state index contributed by atoms with van der Waals surface area (Å²) in [6.07, 6.45) is 3.73. The van der Waals surface area contributed by atoms with E-state index in [0.717, 1.165) is 62.4 Å². The SMILES string of the molecule is COc1cc(CC(C)C)ccc1COc1ccc2c(c1)CCC(CN1CC[C@@H](NC(=O)OC(C)(C)C)C1)=C2C. The Morgan fingerprint density at radius 1 is 1.13 bits per heavy atom. The summed E-state index contributed by atoms with van der Waals surface area (Å²) in [5.74, 6) is 2.40. The average Bonchev–Trinajstić information content (AvgIpc) is 3.29. The number of alkyl carbamates (subject to hydrolysis) is 1. The minimum absolute atomic E-state index is 0.140. The normalized spacial score (nSPS) is 17.8. The van der Waals surface area contributed by atoms with Gasteiger partial charge in [0.25, 0.3) is 0 Å². The molecule has 0 saturated carbocycles. The van der Waals surface area contributed by atoms with E-state index in [2.05, 4.69) is 67.4 Å². The van der Waals surface area contributed by atoms with Crippen molar-refractivity contribution in [3.63, 3.8) is 0 Å². The number of allylic oxidation sites excluding steroid dienone is 1. The number of carbonyl (C=O) groups is 1. The lowest BCUT2D eigenvalue weighted by Gasteiger charge is -2.26. The number of nitrogens with one attached hydrogen (secondary N) is 1. The Labute approximate surface area is 234 Å². The number of nitrogens with zero attached hydrogens (tertiary/aromatic N) is 1. The molecule has 0 radical (unpaired) electrons. The molecular weight excluding hydrogens is 488 g/mol. The maximum absolute atomic E-state index is 12.2. The van der Waals surface area contributed by atoms with E-state index in [0.29, 0.717) is 12.5 Å². The maximum atomic E-state index is 12.2. The number of carbonyl (C=O) groups excluding carboxylic acids is 1. The molecule has 1 aliphatic heterocycles. The van der Waals surface area contributed by atoms with Gasteiger partial charge in [-0.05, 0) is 99.8 Å². The Morgan fingerprint density at radius 2 is 1.92 bits per heavy atom. The molecule has 1 aliphatic carbocycles. The predicted octanol–water partition coefficient (Wildman–Crippen LogP) is 6.79. The van der Waals surface area contributed by atoms with E-state index >= 15 is 0 Å². The van der Waals surface area contributed by atoms with Crippen LogP contribution in [0, 0.1) is 5.92 Å².